The molecule has 0 unspecified atom stereocenters. The predicted octanol–water partition coefficient (Wildman–Crippen LogP) is 2.53. The summed E-state index contributed by atoms with van der Waals surface area (Å²) in [5, 5.41) is 6.95. The van der Waals surface area contributed by atoms with Gasteiger partial charge >= 0.3 is 0 Å². The van der Waals surface area contributed by atoms with Crippen molar-refractivity contribution in [3.63, 3.8) is 0 Å². The Morgan fingerprint density at radius 3 is 2.48 bits per heavy atom. The average molecular weight is 345 g/mol. The van der Waals surface area contributed by atoms with Crippen molar-refractivity contribution in [3.05, 3.63) is 41.4 Å². The molecule has 0 atom stereocenters. The normalized spacial score (nSPS) is 15.2. The summed E-state index contributed by atoms with van der Waals surface area (Å²) in [5.41, 5.74) is 1.38. The number of amides is 2. The van der Waals surface area contributed by atoms with Crippen LogP contribution in [0.1, 0.15) is 35.9 Å². The molecule has 0 saturated carbocycles. The monoisotopic (exact) mass is 345 g/mol. The lowest BCUT2D eigenvalue weighted by Crippen LogP contribution is -2.46. The van der Waals surface area contributed by atoms with Crippen LogP contribution in [0.2, 0.25) is 0 Å². The molecule has 2 aromatic rings. The number of carbonyl (C=O) groups excluding carboxylic acids is 2. The zero-order valence-corrected chi connectivity index (χ0v) is 14.2. The summed E-state index contributed by atoms with van der Waals surface area (Å²) in [4.78, 5) is 25.9. The number of nitrogens with zero attached hydrogens (tertiary/aromatic N) is 2. The zero-order valence-electron chi connectivity index (χ0n) is 14.2. The van der Waals surface area contributed by atoms with Crippen molar-refractivity contribution < 1.29 is 18.5 Å². The average Bonchev–Trinajstić information content (AvgIpc) is 2.97. The number of piperidine rings is 1. The molecule has 3 rings (SSSR count). The summed E-state index contributed by atoms with van der Waals surface area (Å²) in [6.45, 7) is 4.49. The van der Waals surface area contributed by atoms with Crippen molar-refractivity contribution in [2.45, 2.75) is 32.7 Å². The molecule has 1 aromatic carbocycles. The number of hydrogen-bond donors (Lipinski definition) is 1. The summed E-state index contributed by atoms with van der Waals surface area (Å²) in [6, 6.07) is 5.76. The topological polar surface area (TPSA) is 75.4 Å². The molecule has 0 aliphatic carbocycles. The van der Waals surface area contributed by atoms with Crippen LogP contribution in [0, 0.1) is 12.7 Å². The van der Waals surface area contributed by atoms with Crippen molar-refractivity contribution in [3.8, 4) is 11.3 Å². The Labute approximate surface area is 145 Å². The second-order valence-electron chi connectivity index (χ2n) is 6.22. The maximum atomic E-state index is 13.1. The zero-order chi connectivity index (χ0) is 18.0. The number of carbonyl (C=O) groups is 2. The molecule has 1 saturated heterocycles. The number of hydrogen-bond acceptors (Lipinski definition) is 4. The molecule has 132 valence electrons. The van der Waals surface area contributed by atoms with Gasteiger partial charge in [0.25, 0.3) is 5.91 Å². The van der Waals surface area contributed by atoms with Gasteiger partial charge in [0, 0.05) is 31.6 Å². The SMILES string of the molecule is CC(=O)N1CCC(NC(=O)c2c(-c3ccc(F)cc3)noc2C)CC1. The van der Waals surface area contributed by atoms with Crippen LogP contribution in [-0.2, 0) is 4.79 Å². The van der Waals surface area contributed by atoms with Crippen molar-refractivity contribution in [1.29, 1.82) is 0 Å². The summed E-state index contributed by atoms with van der Waals surface area (Å²) in [5.74, 6) is -0.150. The minimum atomic E-state index is -0.354. The van der Waals surface area contributed by atoms with Crippen LogP contribution in [0.5, 0.6) is 0 Å². The third-order valence-corrected chi connectivity index (χ3v) is 4.48. The van der Waals surface area contributed by atoms with Gasteiger partial charge in [0.15, 0.2) is 0 Å². The van der Waals surface area contributed by atoms with Gasteiger partial charge in [0.1, 0.15) is 22.8 Å². The van der Waals surface area contributed by atoms with Crippen molar-refractivity contribution >= 4 is 11.8 Å². The molecule has 1 aliphatic rings. The van der Waals surface area contributed by atoms with Crippen LogP contribution >= 0.6 is 0 Å². The number of halogens is 1. The highest BCUT2D eigenvalue weighted by Gasteiger charge is 2.26. The van der Waals surface area contributed by atoms with E-state index in [9.17, 15) is 14.0 Å². The summed E-state index contributed by atoms with van der Waals surface area (Å²) < 4.78 is 18.3. The molecule has 1 N–H and O–H groups in total. The van der Waals surface area contributed by atoms with Gasteiger partial charge in [-0.15, -0.1) is 0 Å². The number of likely N-dealkylation sites (tertiary alicyclic amines) is 1. The molecule has 0 spiro atoms. The molecule has 7 heteroatoms. The Morgan fingerprint density at radius 2 is 1.88 bits per heavy atom. The van der Waals surface area contributed by atoms with E-state index in [0.29, 0.717) is 48.5 Å². The maximum absolute atomic E-state index is 13.1. The fourth-order valence-corrected chi connectivity index (χ4v) is 3.04. The number of nitrogens with one attached hydrogen (secondary N) is 1. The first-order valence-electron chi connectivity index (χ1n) is 8.24. The van der Waals surface area contributed by atoms with Gasteiger partial charge in [-0.05, 0) is 44.0 Å². The molecule has 0 radical (unpaired) electrons. The largest absolute Gasteiger partial charge is 0.360 e. The first-order valence-corrected chi connectivity index (χ1v) is 8.24. The van der Waals surface area contributed by atoms with E-state index in [-0.39, 0.29) is 23.7 Å². The van der Waals surface area contributed by atoms with Gasteiger partial charge in [-0.3, -0.25) is 9.59 Å². The molecule has 1 fully saturated rings. The van der Waals surface area contributed by atoms with Crippen molar-refractivity contribution in [1.82, 2.24) is 15.4 Å². The van der Waals surface area contributed by atoms with Crippen LogP contribution in [0.3, 0.4) is 0 Å². The fourth-order valence-electron chi connectivity index (χ4n) is 3.04. The second-order valence-corrected chi connectivity index (χ2v) is 6.22. The third kappa shape index (κ3) is 3.70. The Kier molecular flexibility index (Phi) is 4.83. The first-order chi connectivity index (χ1) is 12.0. The maximum Gasteiger partial charge on any atom is 0.257 e. The van der Waals surface area contributed by atoms with E-state index in [4.69, 9.17) is 4.52 Å². The molecular formula is C18H20FN3O3. The minimum Gasteiger partial charge on any atom is -0.360 e. The van der Waals surface area contributed by atoms with Crippen molar-refractivity contribution in [2.24, 2.45) is 0 Å². The minimum absolute atomic E-state index is 0.00142. The van der Waals surface area contributed by atoms with Crippen LogP contribution in [0.25, 0.3) is 11.3 Å². The Morgan fingerprint density at radius 1 is 1.24 bits per heavy atom. The van der Waals surface area contributed by atoms with Gasteiger partial charge in [-0.1, -0.05) is 5.16 Å². The van der Waals surface area contributed by atoms with E-state index in [1.807, 2.05) is 0 Å². The second kappa shape index (κ2) is 7.04. The van der Waals surface area contributed by atoms with Gasteiger partial charge in [0.05, 0.1) is 0 Å². The van der Waals surface area contributed by atoms with Gasteiger partial charge in [0.2, 0.25) is 5.91 Å². The van der Waals surface area contributed by atoms with Crippen LogP contribution in [0.15, 0.2) is 28.8 Å². The molecule has 25 heavy (non-hydrogen) atoms. The van der Waals surface area contributed by atoms with E-state index >= 15 is 0 Å². The summed E-state index contributed by atoms with van der Waals surface area (Å²) >= 11 is 0. The molecule has 2 amide bonds. The summed E-state index contributed by atoms with van der Waals surface area (Å²) in [7, 11) is 0. The standard InChI is InChI=1S/C18H20FN3O3/c1-11-16(17(21-25-11)13-3-5-14(19)6-4-13)18(24)20-15-7-9-22(10-8-15)12(2)23/h3-6,15H,7-10H2,1-2H3,(H,20,24). The molecule has 6 nitrogen and oxygen atoms in total. The van der Waals surface area contributed by atoms with E-state index in [0.717, 1.165) is 0 Å². The number of aromatic nitrogens is 1. The van der Waals surface area contributed by atoms with Gasteiger partial charge in [-0.2, -0.15) is 0 Å². The smallest absolute Gasteiger partial charge is 0.257 e. The van der Waals surface area contributed by atoms with Crippen molar-refractivity contribution in [2.75, 3.05) is 13.1 Å². The summed E-state index contributed by atoms with van der Waals surface area (Å²) in [6.07, 6.45) is 1.42. The lowest BCUT2D eigenvalue weighted by Gasteiger charge is -2.31. The highest BCUT2D eigenvalue weighted by atomic mass is 19.1. The Bertz CT molecular complexity index is 777. The fraction of sp³-hybridized carbons (Fsp3) is 0.389. The lowest BCUT2D eigenvalue weighted by atomic mass is 10.0. The first kappa shape index (κ1) is 17.1. The number of benzene rings is 1. The van der Waals surface area contributed by atoms with Crippen LogP contribution < -0.4 is 5.32 Å². The predicted molar refractivity (Wildman–Crippen MR) is 89.4 cm³/mol. The van der Waals surface area contributed by atoms with E-state index < -0.39 is 0 Å². The van der Waals surface area contributed by atoms with E-state index in [1.54, 1.807) is 30.9 Å². The van der Waals surface area contributed by atoms with Gasteiger partial charge in [-0.25, -0.2) is 4.39 Å². The third-order valence-electron chi connectivity index (χ3n) is 4.48. The highest BCUT2D eigenvalue weighted by Crippen LogP contribution is 2.26. The van der Waals surface area contributed by atoms with E-state index in [2.05, 4.69) is 10.5 Å². The molecule has 1 aliphatic heterocycles. The van der Waals surface area contributed by atoms with E-state index in [1.165, 1.54) is 12.1 Å². The molecule has 0 bridgehead atoms. The molecular weight excluding hydrogens is 325 g/mol. The lowest BCUT2D eigenvalue weighted by molar-refractivity contribution is -0.129. The molecule has 1 aromatic heterocycles. The van der Waals surface area contributed by atoms with Crippen LogP contribution in [-0.4, -0.2) is 41.0 Å². The van der Waals surface area contributed by atoms with Crippen LogP contribution in [0.4, 0.5) is 4.39 Å². The molecule has 2 heterocycles. The quantitative estimate of drug-likeness (QED) is 0.927. The number of aryl methyl sites for hydroxylation is 1. The Balaban J connectivity index is 1.74. The number of rotatable bonds is 3. The Hall–Kier alpha value is -2.70. The van der Waals surface area contributed by atoms with Gasteiger partial charge < -0.3 is 14.7 Å². The highest BCUT2D eigenvalue weighted by molar-refractivity contribution is 6.00.